The van der Waals surface area contributed by atoms with Gasteiger partial charge in [-0.15, -0.1) is 0 Å². The molecule has 2 aromatic carbocycles. The fraction of sp³-hybridized carbons (Fsp3) is 0.435. The maximum Gasteiger partial charge on any atom is 0.259 e. The van der Waals surface area contributed by atoms with Crippen molar-refractivity contribution in [3.8, 4) is 5.75 Å². The second-order valence-electron chi connectivity index (χ2n) is 7.76. The monoisotopic (exact) mass is 379 g/mol. The lowest BCUT2D eigenvalue weighted by Gasteiger charge is -2.35. The lowest BCUT2D eigenvalue weighted by molar-refractivity contribution is 0.102. The predicted octanol–water partition coefficient (Wildman–Crippen LogP) is 3.97. The largest absolute Gasteiger partial charge is 0.489 e. The van der Waals surface area contributed by atoms with Gasteiger partial charge < -0.3 is 19.9 Å². The molecule has 0 radical (unpaired) electrons. The normalized spacial score (nSPS) is 21.9. The Morgan fingerprint density at radius 2 is 1.79 bits per heavy atom. The van der Waals surface area contributed by atoms with Gasteiger partial charge in [-0.2, -0.15) is 0 Å². The van der Waals surface area contributed by atoms with Crippen molar-refractivity contribution in [2.45, 2.75) is 32.8 Å². The predicted molar refractivity (Wildman–Crippen MR) is 114 cm³/mol. The van der Waals surface area contributed by atoms with E-state index in [4.69, 9.17) is 4.74 Å². The van der Waals surface area contributed by atoms with Crippen molar-refractivity contribution in [3.63, 3.8) is 0 Å². The zero-order valence-corrected chi connectivity index (χ0v) is 16.9. The van der Waals surface area contributed by atoms with Gasteiger partial charge in [-0.3, -0.25) is 4.79 Å². The third kappa shape index (κ3) is 3.59. The van der Waals surface area contributed by atoms with Gasteiger partial charge >= 0.3 is 0 Å². The van der Waals surface area contributed by atoms with Gasteiger partial charge in [0.25, 0.3) is 5.91 Å². The molecule has 28 heavy (non-hydrogen) atoms. The lowest BCUT2D eigenvalue weighted by Crippen LogP contribution is -2.46. The molecule has 0 spiro atoms. The molecular formula is C23H29N3O2. The number of amides is 1. The van der Waals surface area contributed by atoms with Crippen LogP contribution in [0.4, 0.5) is 11.4 Å². The van der Waals surface area contributed by atoms with E-state index >= 15 is 0 Å². The Labute approximate surface area is 167 Å². The van der Waals surface area contributed by atoms with Crippen LogP contribution in [0.15, 0.2) is 42.5 Å². The number of nitrogens with zero attached hydrogens (tertiary/aromatic N) is 2. The number of piperazine rings is 1. The minimum atomic E-state index is -0.123. The maximum atomic E-state index is 12.8. The smallest absolute Gasteiger partial charge is 0.259 e. The van der Waals surface area contributed by atoms with Gasteiger partial charge in [0.2, 0.25) is 0 Å². The minimum absolute atomic E-state index is 0.0939. The summed E-state index contributed by atoms with van der Waals surface area (Å²) in [5.41, 5.74) is 3.73. The third-order valence-electron chi connectivity index (χ3n) is 6.10. The number of fused-ring (bicyclic) bond motifs is 1. The second kappa shape index (κ2) is 7.84. The van der Waals surface area contributed by atoms with Crippen LogP contribution < -0.4 is 15.0 Å². The Morgan fingerprint density at radius 1 is 1.07 bits per heavy atom. The van der Waals surface area contributed by atoms with Crippen LogP contribution in [-0.2, 0) is 0 Å². The molecule has 5 nitrogen and oxygen atoms in total. The number of carbonyl (C=O) groups is 1. The van der Waals surface area contributed by atoms with Crippen LogP contribution in [0.1, 0.15) is 42.6 Å². The number of hydrogen-bond donors (Lipinski definition) is 1. The van der Waals surface area contributed by atoms with Crippen molar-refractivity contribution in [2.75, 3.05) is 42.9 Å². The molecule has 148 valence electrons. The molecule has 2 aromatic rings. The van der Waals surface area contributed by atoms with Crippen molar-refractivity contribution in [3.05, 3.63) is 53.6 Å². The number of rotatable bonds is 4. The first-order valence-corrected chi connectivity index (χ1v) is 10.2. The fourth-order valence-electron chi connectivity index (χ4n) is 4.04. The molecule has 1 N–H and O–H groups in total. The molecule has 0 aliphatic carbocycles. The summed E-state index contributed by atoms with van der Waals surface area (Å²) in [4.78, 5) is 17.7. The number of likely N-dealkylation sites (N-methyl/N-ethyl adjacent to an activating group) is 1. The highest BCUT2D eigenvalue weighted by Gasteiger charge is 2.31. The average Bonchev–Trinajstić information content (AvgIpc) is 3.02. The minimum Gasteiger partial charge on any atom is -0.489 e. The van der Waals surface area contributed by atoms with Crippen LogP contribution in [0.25, 0.3) is 0 Å². The summed E-state index contributed by atoms with van der Waals surface area (Å²) in [6, 6.07) is 14.0. The van der Waals surface area contributed by atoms with E-state index in [-0.39, 0.29) is 12.0 Å². The van der Waals surface area contributed by atoms with Crippen LogP contribution in [-0.4, -0.2) is 49.6 Å². The van der Waals surface area contributed by atoms with E-state index in [2.05, 4.69) is 41.1 Å². The lowest BCUT2D eigenvalue weighted by atomic mass is 9.97. The Kier molecular flexibility index (Phi) is 5.27. The topological polar surface area (TPSA) is 44.8 Å². The Hall–Kier alpha value is -2.53. The summed E-state index contributed by atoms with van der Waals surface area (Å²) in [7, 11) is 0. The van der Waals surface area contributed by atoms with Crippen molar-refractivity contribution in [2.24, 2.45) is 0 Å². The van der Waals surface area contributed by atoms with Crippen molar-refractivity contribution >= 4 is 17.3 Å². The van der Waals surface area contributed by atoms with Crippen LogP contribution in [0, 0.1) is 0 Å². The van der Waals surface area contributed by atoms with Crippen LogP contribution >= 0.6 is 0 Å². The molecule has 1 fully saturated rings. The van der Waals surface area contributed by atoms with E-state index in [1.807, 2.05) is 37.3 Å². The highest BCUT2D eigenvalue weighted by atomic mass is 16.5. The summed E-state index contributed by atoms with van der Waals surface area (Å²) >= 11 is 0. The molecule has 2 atom stereocenters. The molecule has 2 unspecified atom stereocenters. The average molecular weight is 380 g/mol. The molecule has 2 aliphatic rings. The molecule has 0 bridgehead atoms. The highest BCUT2D eigenvalue weighted by molar-refractivity contribution is 6.06. The third-order valence-corrected chi connectivity index (χ3v) is 6.10. The van der Waals surface area contributed by atoms with Crippen LogP contribution in [0.2, 0.25) is 0 Å². The SMILES string of the molecule is CCN1CCN(c2ccc(NC(=O)c3cccc4c3OC(C)C4C)cc2)CC1. The van der Waals surface area contributed by atoms with Crippen molar-refractivity contribution in [1.82, 2.24) is 4.90 Å². The Morgan fingerprint density at radius 3 is 2.46 bits per heavy atom. The van der Waals surface area contributed by atoms with Crippen molar-refractivity contribution < 1.29 is 9.53 Å². The number of para-hydroxylation sites is 1. The number of anilines is 2. The molecule has 1 amide bonds. The van der Waals surface area contributed by atoms with E-state index in [0.29, 0.717) is 11.5 Å². The second-order valence-corrected chi connectivity index (χ2v) is 7.76. The standard InChI is InChI=1S/C23H29N3O2/c1-4-25-12-14-26(15-13-25)19-10-8-18(9-11-19)24-23(27)21-7-5-6-20-16(2)17(3)28-22(20)21/h5-11,16-17H,4,12-15H2,1-3H3,(H,24,27). The number of hydrogen-bond acceptors (Lipinski definition) is 4. The van der Waals surface area contributed by atoms with E-state index in [1.165, 1.54) is 5.69 Å². The number of benzene rings is 2. The molecule has 1 saturated heterocycles. The maximum absolute atomic E-state index is 12.8. The summed E-state index contributed by atoms with van der Waals surface area (Å²) < 4.78 is 5.95. The molecular weight excluding hydrogens is 350 g/mol. The molecule has 2 heterocycles. The molecule has 0 aromatic heterocycles. The van der Waals surface area contributed by atoms with Crippen LogP contribution in [0.3, 0.4) is 0 Å². The Bertz CT molecular complexity index is 841. The van der Waals surface area contributed by atoms with Gasteiger partial charge in [0.15, 0.2) is 0 Å². The zero-order chi connectivity index (χ0) is 19.7. The molecule has 5 heteroatoms. The van der Waals surface area contributed by atoms with Gasteiger partial charge in [-0.25, -0.2) is 0 Å². The first kappa shape index (κ1) is 18.8. The number of nitrogens with one attached hydrogen (secondary N) is 1. The summed E-state index contributed by atoms with van der Waals surface area (Å²) in [5.74, 6) is 0.906. The summed E-state index contributed by atoms with van der Waals surface area (Å²) in [6.45, 7) is 11.8. The first-order valence-electron chi connectivity index (χ1n) is 10.2. The van der Waals surface area contributed by atoms with E-state index in [9.17, 15) is 4.79 Å². The number of carbonyl (C=O) groups excluding carboxylic acids is 1. The molecule has 4 rings (SSSR count). The van der Waals surface area contributed by atoms with Crippen molar-refractivity contribution in [1.29, 1.82) is 0 Å². The Balaban J connectivity index is 1.44. The number of ether oxygens (including phenoxy) is 1. The van der Waals surface area contributed by atoms with Gasteiger partial charge in [0.05, 0.1) is 5.56 Å². The van der Waals surface area contributed by atoms with E-state index < -0.39 is 0 Å². The molecule has 2 aliphatic heterocycles. The van der Waals surface area contributed by atoms with Crippen LogP contribution in [0.5, 0.6) is 5.75 Å². The zero-order valence-electron chi connectivity index (χ0n) is 16.9. The fourth-order valence-corrected chi connectivity index (χ4v) is 4.04. The van der Waals surface area contributed by atoms with Gasteiger partial charge in [-0.1, -0.05) is 26.0 Å². The first-order chi connectivity index (χ1) is 13.6. The van der Waals surface area contributed by atoms with E-state index in [1.54, 1.807) is 0 Å². The quantitative estimate of drug-likeness (QED) is 0.873. The van der Waals surface area contributed by atoms with Gasteiger partial charge in [-0.05, 0) is 43.8 Å². The molecule has 0 saturated carbocycles. The summed E-state index contributed by atoms with van der Waals surface area (Å²) in [6.07, 6.45) is 0.0939. The van der Waals surface area contributed by atoms with Gasteiger partial charge in [0.1, 0.15) is 11.9 Å². The summed E-state index contributed by atoms with van der Waals surface area (Å²) in [5, 5.41) is 3.02. The highest BCUT2D eigenvalue weighted by Crippen LogP contribution is 2.40. The van der Waals surface area contributed by atoms with Gasteiger partial charge in [0, 0.05) is 49.0 Å². The van der Waals surface area contributed by atoms with E-state index in [0.717, 1.165) is 49.7 Å².